The van der Waals surface area contributed by atoms with E-state index < -0.39 is 0 Å². The van der Waals surface area contributed by atoms with Gasteiger partial charge in [-0.25, -0.2) is 0 Å². The summed E-state index contributed by atoms with van der Waals surface area (Å²) in [4.78, 5) is 2.64. The molecular formula is C13H26N2. The van der Waals surface area contributed by atoms with Crippen LogP contribution in [0.3, 0.4) is 0 Å². The maximum atomic E-state index is 6.13. The molecule has 2 aliphatic rings. The van der Waals surface area contributed by atoms with Gasteiger partial charge in [-0.05, 0) is 38.6 Å². The molecule has 2 aliphatic carbocycles. The second-order valence-electron chi connectivity index (χ2n) is 5.50. The topological polar surface area (TPSA) is 29.3 Å². The van der Waals surface area contributed by atoms with Crippen molar-refractivity contribution in [2.75, 3.05) is 13.6 Å². The van der Waals surface area contributed by atoms with E-state index in [1.54, 1.807) is 0 Å². The summed E-state index contributed by atoms with van der Waals surface area (Å²) < 4.78 is 0. The Morgan fingerprint density at radius 2 is 2.00 bits per heavy atom. The highest BCUT2D eigenvalue weighted by Gasteiger charge is 2.46. The van der Waals surface area contributed by atoms with Crippen molar-refractivity contribution < 1.29 is 0 Å². The Bertz CT molecular complexity index is 209. The third-order valence-electron chi connectivity index (χ3n) is 4.82. The van der Waals surface area contributed by atoms with E-state index in [4.69, 9.17) is 5.73 Å². The van der Waals surface area contributed by atoms with Crippen molar-refractivity contribution in [3.8, 4) is 0 Å². The Morgan fingerprint density at radius 3 is 2.53 bits per heavy atom. The van der Waals surface area contributed by atoms with Gasteiger partial charge in [0.2, 0.25) is 0 Å². The molecule has 0 amide bonds. The molecule has 2 saturated carbocycles. The van der Waals surface area contributed by atoms with E-state index in [9.17, 15) is 0 Å². The van der Waals surface area contributed by atoms with E-state index in [-0.39, 0.29) is 0 Å². The van der Waals surface area contributed by atoms with Gasteiger partial charge in [-0.3, -0.25) is 4.90 Å². The summed E-state index contributed by atoms with van der Waals surface area (Å²) >= 11 is 0. The number of nitrogens with zero attached hydrogens (tertiary/aromatic N) is 1. The van der Waals surface area contributed by atoms with Crippen LogP contribution in [0.1, 0.15) is 51.9 Å². The van der Waals surface area contributed by atoms with Crippen molar-refractivity contribution in [2.45, 2.75) is 63.5 Å². The van der Waals surface area contributed by atoms with E-state index >= 15 is 0 Å². The molecule has 2 heteroatoms. The molecule has 0 radical (unpaired) electrons. The molecule has 0 saturated heterocycles. The smallest absolute Gasteiger partial charge is 0.0359 e. The zero-order valence-electron chi connectivity index (χ0n) is 10.3. The highest BCUT2D eigenvalue weighted by molar-refractivity contribution is 5.03. The molecule has 15 heavy (non-hydrogen) atoms. The molecule has 0 aromatic heterocycles. The van der Waals surface area contributed by atoms with Crippen molar-refractivity contribution in [2.24, 2.45) is 11.7 Å². The Labute approximate surface area is 94.2 Å². The van der Waals surface area contributed by atoms with Gasteiger partial charge in [0.05, 0.1) is 0 Å². The van der Waals surface area contributed by atoms with Gasteiger partial charge in [0.1, 0.15) is 0 Å². The Balaban J connectivity index is 2.14. The first-order chi connectivity index (χ1) is 7.24. The first-order valence-corrected chi connectivity index (χ1v) is 6.67. The van der Waals surface area contributed by atoms with Crippen LogP contribution in [0.25, 0.3) is 0 Å². The molecule has 2 N–H and O–H groups in total. The van der Waals surface area contributed by atoms with Crippen LogP contribution in [0.4, 0.5) is 0 Å². The molecule has 0 spiro atoms. The second-order valence-corrected chi connectivity index (χ2v) is 5.50. The van der Waals surface area contributed by atoms with E-state index in [0.29, 0.717) is 5.54 Å². The minimum Gasteiger partial charge on any atom is -0.329 e. The molecule has 0 aliphatic heterocycles. The summed E-state index contributed by atoms with van der Waals surface area (Å²) in [6, 6.07) is 0.848. The fourth-order valence-corrected chi connectivity index (χ4v) is 3.58. The summed E-state index contributed by atoms with van der Waals surface area (Å²) in [6.07, 6.45) is 9.61. The van der Waals surface area contributed by atoms with Gasteiger partial charge < -0.3 is 5.73 Å². The molecule has 0 bridgehead atoms. The monoisotopic (exact) mass is 210 g/mol. The molecule has 0 aromatic rings. The van der Waals surface area contributed by atoms with Gasteiger partial charge in [0.15, 0.2) is 0 Å². The van der Waals surface area contributed by atoms with Gasteiger partial charge in [-0.2, -0.15) is 0 Å². The Kier molecular flexibility index (Phi) is 3.36. The van der Waals surface area contributed by atoms with Crippen molar-refractivity contribution in [3.63, 3.8) is 0 Å². The lowest BCUT2D eigenvalue weighted by Crippen LogP contribution is -2.59. The molecule has 0 heterocycles. The van der Waals surface area contributed by atoms with Crippen LogP contribution >= 0.6 is 0 Å². The summed E-state index contributed by atoms with van der Waals surface area (Å²) in [5, 5.41) is 0. The number of hydrogen-bond acceptors (Lipinski definition) is 2. The van der Waals surface area contributed by atoms with Crippen molar-refractivity contribution in [1.82, 2.24) is 4.90 Å². The quantitative estimate of drug-likeness (QED) is 0.772. The lowest BCUT2D eigenvalue weighted by molar-refractivity contribution is 0.0175. The molecule has 88 valence electrons. The summed E-state index contributed by atoms with van der Waals surface area (Å²) in [5.41, 5.74) is 6.47. The van der Waals surface area contributed by atoms with Crippen molar-refractivity contribution in [3.05, 3.63) is 0 Å². The van der Waals surface area contributed by atoms with Crippen LogP contribution in [0.15, 0.2) is 0 Å². The van der Waals surface area contributed by atoms with Crippen LogP contribution in [0.2, 0.25) is 0 Å². The molecule has 2 rings (SSSR count). The molecule has 2 nitrogen and oxygen atoms in total. The predicted octanol–water partition coefficient (Wildman–Crippen LogP) is 2.38. The number of hydrogen-bond donors (Lipinski definition) is 1. The molecule has 2 fully saturated rings. The summed E-state index contributed by atoms with van der Waals surface area (Å²) in [7, 11) is 2.32. The maximum Gasteiger partial charge on any atom is 0.0359 e. The third kappa shape index (κ3) is 1.94. The Hall–Kier alpha value is -0.0800. The second kappa shape index (κ2) is 4.42. The van der Waals surface area contributed by atoms with Gasteiger partial charge in [-0.15, -0.1) is 0 Å². The zero-order chi connectivity index (χ0) is 10.9. The average Bonchev–Trinajstić information content (AvgIpc) is 3.11. The van der Waals surface area contributed by atoms with E-state index in [1.165, 1.54) is 44.9 Å². The van der Waals surface area contributed by atoms with E-state index in [0.717, 1.165) is 18.5 Å². The molecule has 0 aromatic carbocycles. The van der Waals surface area contributed by atoms with Gasteiger partial charge in [-0.1, -0.05) is 26.2 Å². The van der Waals surface area contributed by atoms with E-state index in [2.05, 4.69) is 18.9 Å². The fourth-order valence-electron chi connectivity index (χ4n) is 3.58. The van der Waals surface area contributed by atoms with Crippen molar-refractivity contribution >= 4 is 0 Å². The van der Waals surface area contributed by atoms with Crippen LogP contribution in [-0.4, -0.2) is 30.1 Å². The lowest BCUT2D eigenvalue weighted by atomic mass is 9.70. The molecular weight excluding hydrogens is 184 g/mol. The van der Waals surface area contributed by atoms with Crippen LogP contribution in [-0.2, 0) is 0 Å². The van der Waals surface area contributed by atoms with Crippen LogP contribution in [0, 0.1) is 5.92 Å². The molecule has 2 unspecified atom stereocenters. The van der Waals surface area contributed by atoms with Gasteiger partial charge in [0.25, 0.3) is 0 Å². The van der Waals surface area contributed by atoms with E-state index in [1.807, 2.05) is 0 Å². The predicted molar refractivity (Wildman–Crippen MR) is 64.8 cm³/mol. The molecule has 2 atom stereocenters. The standard InChI is InChI=1S/C13H26N2/c1-3-11-6-4-5-9-13(11,10-14)15(2)12-7-8-12/h11-12H,3-10,14H2,1-2H3. The first kappa shape index (κ1) is 11.4. The SMILES string of the molecule is CCC1CCCCC1(CN)N(C)C1CC1. The number of nitrogens with two attached hydrogens (primary N) is 1. The van der Waals surface area contributed by atoms with Crippen molar-refractivity contribution in [1.29, 1.82) is 0 Å². The Morgan fingerprint density at radius 1 is 1.27 bits per heavy atom. The van der Waals surface area contributed by atoms with Gasteiger partial charge >= 0.3 is 0 Å². The summed E-state index contributed by atoms with van der Waals surface area (Å²) in [5.74, 6) is 0.835. The normalized spacial score (nSPS) is 37.2. The third-order valence-corrected chi connectivity index (χ3v) is 4.82. The minimum absolute atomic E-state index is 0.341. The highest BCUT2D eigenvalue weighted by atomic mass is 15.2. The lowest BCUT2D eigenvalue weighted by Gasteiger charge is -2.50. The fraction of sp³-hybridized carbons (Fsp3) is 1.00. The first-order valence-electron chi connectivity index (χ1n) is 6.67. The maximum absolute atomic E-state index is 6.13. The number of rotatable bonds is 4. The van der Waals surface area contributed by atoms with Crippen LogP contribution < -0.4 is 5.73 Å². The zero-order valence-corrected chi connectivity index (χ0v) is 10.3. The van der Waals surface area contributed by atoms with Crippen LogP contribution in [0.5, 0.6) is 0 Å². The largest absolute Gasteiger partial charge is 0.329 e. The number of likely N-dealkylation sites (N-methyl/N-ethyl adjacent to an activating group) is 1. The summed E-state index contributed by atoms with van der Waals surface area (Å²) in [6.45, 7) is 3.19. The minimum atomic E-state index is 0.341. The average molecular weight is 210 g/mol. The van der Waals surface area contributed by atoms with Gasteiger partial charge in [0, 0.05) is 18.1 Å². The highest BCUT2D eigenvalue weighted by Crippen LogP contribution is 2.43.